The summed E-state index contributed by atoms with van der Waals surface area (Å²) in [4.78, 5) is 12.0. The van der Waals surface area contributed by atoms with Gasteiger partial charge in [-0.1, -0.05) is 120 Å². The van der Waals surface area contributed by atoms with Gasteiger partial charge in [0.25, 0.3) is 8.32 Å². The van der Waals surface area contributed by atoms with Crippen molar-refractivity contribution in [3.8, 4) is 0 Å². The molecule has 0 saturated carbocycles. The molecule has 0 unspecified atom stereocenters. The second-order valence-corrected chi connectivity index (χ2v) is 19.6. The SMILES string of the molecule is C=CC/C(=C\CO[Si](c1ccccc1)(c1ccccc1)C(C)(C)C)C[C@H](C=O)O[Si](CC)(CC)CC. The first-order chi connectivity index (χ1) is 17.2. The van der Waals surface area contributed by atoms with Crippen LogP contribution in [-0.4, -0.2) is 35.6 Å². The van der Waals surface area contributed by atoms with Gasteiger partial charge in [0, 0.05) is 6.42 Å². The normalized spacial score (nSPS) is 13.9. The van der Waals surface area contributed by atoms with Crippen LogP contribution in [0.2, 0.25) is 23.2 Å². The van der Waals surface area contributed by atoms with Crippen molar-refractivity contribution in [1.29, 1.82) is 0 Å². The third-order valence-electron chi connectivity index (χ3n) is 7.44. The highest BCUT2D eigenvalue weighted by atomic mass is 28.4. The molecule has 3 nitrogen and oxygen atoms in total. The van der Waals surface area contributed by atoms with Crippen LogP contribution in [0.1, 0.15) is 54.4 Å². The van der Waals surface area contributed by atoms with Gasteiger partial charge in [-0.2, -0.15) is 0 Å². The van der Waals surface area contributed by atoms with E-state index in [1.807, 2.05) is 6.08 Å². The number of benzene rings is 2. The lowest BCUT2D eigenvalue weighted by molar-refractivity contribution is -0.114. The van der Waals surface area contributed by atoms with Crippen LogP contribution in [0.4, 0.5) is 0 Å². The molecule has 0 fully saturated rings. The lowest BCUT2D eigenvalue weighted by atomic mass is 10.1. The van der Waals surface area contributed by atoms with Crippen molar-refractivity contribution in [2.75, 3.05) is 6.61 Å². The van der Waals surface area contributed by atoms with E-state index < -0.39 is 22.7 Å². The largest absolute Gasteiger partial charge is 0.407 e. The van der Waals surface area contributed by atoms with Gasteiger partial charge in [-0.25, -0.2) is 0 Å². The number of carbonyl (C=O) groups excluding carboxylic acids is 1. The Balaban J connectivity index is 2.39. The Labute approximate surface area is 221 Å². The molecule has 0 aromatic heterocycles. The zero-order chi connectivity index (χ0) is 26.7. The summed E-state index contributed by atoms with van der Waals surface area (Å²) in [6.07, 6.45) is 5.96. The maximum absolute atomic E-state index is 12.0. The molecule has 0 spiro atoms. The molecule has 196 valence electrons. The summed E-state index contributed by atoms with van der Waals surface area (Å²) in [5, 5.41) is 2.45. The second kappa shape index (κ2) is 14.0. The summed E-state index contributed by atoms with van der Waals surface area (Å²) in [7, 11) is -4.48. The monoisotopic (exact) mass is 522 g/mol. The van der Waals surface area contributed by atoms with Crippen LogP contribution in [0.25, 0.3) is 0 Å². The Hall–Kier alpha value is -2.06. The molecule has 0 aliphatic carbocycles. The Morgan fingerprint density at radius 1 is 0.917 bits per heavy atom. The van der Waals surface area contributed by atoms with E-state index in [0.29, 0.717) is 13.0 Å². The van der Waals surface area contributed by atoms with Crippen LogP contribution >= 0.6 is 0 Å². The van der Waals surface area contributed by atoms with Crippen molar-refractivity contribution < 1.29 is 13.6 Å². The van der Waals surface area contributed by atoms with E-state index in [1.165, 1.54) is 10.4 Å². The van der Waals surface area contributed by atoms with Crippen LogP contribution < -0.4 is 10.4 Å². The first-order valence-electron chi connectivity index (χ1n) is 13.4. The van der Waals surface area contributed by atoms with Crippen molar-refractivity contribution in [1.82, 2.24) is 0 Å². The van der Waals surface area contributed by atoms with E-state index in [-0.39, 0.29) is 5.04 Å². The summed E-state index contributed by atoms with van der Waals surface area (Å²) in [5.74, 6) is 0. The van der Waals surface area contributed by atoms with Crippen molar-refractivity contribution >= 4 is 33.3 Å². The minimum absolute atomic E-state index is 0.0782. The van der Waals surface area contributed by atoms with Gasteiger partial charge in [0.2, 0.25) is 0 Å². The van der Waals surface area contributed by atoms with Crippen molar-refractivity contribution in [2.45, 2.75) is 83.7 Å². The molecule has 0 N–H and O–H groups in total. The molecule has 2 aromatic rings. The highest BCUT2D eigenvalue weighted by molar-refractivity contribution is 6.99. The summed E-state index contributed by atoms with van der Waals surface area (Å²) in [6, 6.07) is 24.5. The summed E-state index contributed by atoms with van der Waals surface area (Å²) in [5.41, 5.74) is 1.14. The van der Waals surface area contributed by atoms with Gasteiger partial charge >= 0.3 is 0 Å². The van der Waals surface area contributed by atoms with E-state index in [9.17, 15) is 4.79 Å². The summed E-state index contributed by atoms with van der Waals surface area (Å²) < 4.78 is 13.5. The Kier molecular flexibility index (Phi) is 11.8. The third kappa shape index (κ3) is 7.25. The number of hydrogen-bond donors (Lipinski definition) is 0. The predicted octanol–water partition coefficient (Wildman–Crippen LogP) is 7.04. The number of allylic oxidation sites excluding steroid dienone is 1. The van der Waals surface area contributed by atoms with E-state index in [4.69, 9.17) is 8.85 Å². The van der Waals surface area contributed by atoms with Gasteiger partial charge in [-0.15, -0.1) is 6.58 Å². The van der Waals surface area contributed by atoms with Crippen LogP contribution in [0.3, 0.4) is 0 Å². The lowest BCUT2D eigenvalue weighted by Gasteiger charge is -2.42. The molecule has 0 aliphatic rings. The van der Waals surface area contributed by atoms with Crippen molar-refractivity contribution in [3.63, 3.8) is 0 Å². The molecule has 0 amide bonds. The van der Waals surface area contributed by atoms with Crippen LogP contribution in [0.15, 0.2) is 85.0 Å². The topological polar surface area (TPSA) is 35.5 Å². The Bertz CT molecular complexity index is 913. The molecule has 0 bridgehead atoms. The fourth-order valence-corrected chi connectivity index (χ4v) is 12.4. The number of aldehydes is 1. The fourth-order valence-electron chi connectivity index (χ4n) is 5.18. The molecule has 1 atom stereocenters. The first-order valence-corrected chi connectivity index (χ1v) is 17.8. The zero-order valence-corrected chi connectivity index (χ0v) is 25.3. The fraction of sp³-hybridized carbons (Fsp3) is 0.452. The smallest absolute Gasteiger partial charge is 0.261 e. The summed E-state index contributed by atoms with van der Waals surface area (Å²) in [6.45, 7) is 17.9. The van der Waals surface area contributed by atoms with E-state index in [1.54, 1.807) is 0 Å². The third-order valence-corrected chi connectivity index (χ3v) is 17.1. The average Bonchev–Trinajstić information content (AvgIpc) is 2.89. The minimum Gasteiger partial charge on any atom is -0.407 e. The van der Waals surface area contributed by atoms with Crippen LogP contribution in [-0.2, 0) is 13.6 Å². The van der Waals surface area contributed by atoms with Gasteiger partial charge < -0.3 is 13.6 Å². The highest BCUT2D eigenvalue weighted by Crippen LogP contribution is 2.37. The molecule has 5 heteroatoms. The molecular formula is C31H46O3Si2. The number of hydrogen-bond acceptors (Lipinski definition) is 3. The predicted molar refractivity (Wildman–Crippen MR) is 159 cm³/mol. The van der Waals surface area contributed by atoms with E-state index >= 15 is 0 Å². The maximum Gasteiger partial charge on any atom is 0.261 e. The second-order valence-electron chi connectivity index (χ2n) is 10.6. The molecule has 2 aromatic carbocycles. The van der Waals surface area contributed by atoms with Gasteiger partial charge in [0.1, 0.15) is 12.4 Å². The Morgan fingerprint density at radius 2 is 1.42 bits per heavy atom. The average molecular weight is 523 g/mol. The first kappa shape index (κ1) is 30.2. The maximum atomic E-state index is 12.0. The van der Waals surface area contributed by atoms with Crippen LogP contribution in [0.5, 0.6) is 0 Å². The minimum atomic E-state index is -2.61. The number of carbonyl (C=O) groups is 1. The quantitative estimate of drug-likeness (QED) is 0.143. The molecule has 0 aliphatic heterocycles. The van der Waals surface area contributed by atoms with E-state index in [0.717, 1.165) is 36.4 Å². The lowest BCUT2D eigenvalue weighted by Crippen LogP contribution is -2.66. The summed E-state index contributed by atoms with van der Waals surface area (Å²) >= 11 is 0. The van der Waals surface area contributed by atoms with Crippen molar-refractivity contribution in [3.05, 3.63) is 85.0 Å². The zero-order valence-electron chi connectivity index (χ0n) is 23.3. The van der Waals surface area contributed by atoms with Gasteiger partial charge in [0.15, 0.2) is 8.32 Å². The molecule has 0 heterocycles. The highest BCUT2D eigenvalue weighted by Gasteiger charge is 2.49. The van der Waals surface area contributed by atoms with Gasteiger partial charge in [0.05, 0.1) is 6.61 Å². The number of rotatable bonds is 15. The van der Waals surface area contributed by atoms with Gasteiger partial charge in [-0.05, 0) is 40.0 Å². The molecular weight excluding hydrogens is 477 g/mol. The molecule has 0 saturated heterocycles. The van der Waals surface area contributed by atoms with Crippen molar-refractivity contribution in [2.24, 2.45) is 0 Å². The van der Waals surface area contributed by atoms with Gasteiger partial charge in [-0.3, -0.25) is 0 Å². The van der Waals surface area contributed by atoms with Crippen LogP contribution in [0, 0.1) is 0 Å². The molecule has 2 rings (SSSR count). The Morgan fingerprint density at radius 3 is 1.81 bits per heavy atom. The standard InChI is InChI=1S/C31H46O3Si2/c1-8-18-27(25-28(26-32)34-35(9-2,10-3)11-4)23-24-33-36(31(5,6)7,29-19-14-12-15-20-29)30-21-16-13-17-22-30/h8,12-17,19-23,26,28H,1,9-11,18,24-25H2,2-7H3/b27-23+/t28-/m1/s1. The molecule has 0 radical (unpaired) electrons. The van der Waals surface area contributed by atoms with E-state index in [2.05, 4.69) is 115 Å². The molecule has 36 heavy (non-hydrogen) atoms.